The number of ether oxygens (including phenoxy) is 2. The van der Waals surface area contributed by atoms with Gasteiger partial charge in [-0.1, -0.05) is 23.4 Å². The minimum Gasteiger partial charge on any atom is -0.455 e. The van der Waals surface area contributed by atoms with Crippen molar-refractivity contribution in [2.75, 3.05) is 0 Å². The molecule has 186 valence electrons. The summed E-state index contributed by atoms with van der Waals surface area (Å²) in [4.78, 5) is 45.4. The van der Waals surface area contributed by atoms with Crippen LogP contribution in [0.1, 0.15) is 32.1 Å². The van der Waals surface area contributed by atoms with Crippen molar-refractivity contribution in [2.45, 2.75) is 13.2 Å². The van der Waals surface area contributed by atoms with E-state index in [2.05, 4.69) is 10.3 Å². The first-order valence-electron chi connectivity index (χ1n) is 10.7. The number of nitro groups is 2. The highest BCUT2D eigenvalue weighted by Crippen LogP contribution is 2.18. The molecule has 13 heteroatoms. The van der Waals surface area contributed by atoms with Gasteiger partial charge < -0.3 is 9.47 Å². The number of hydrogen-bond acceptors (Lipinski definition) is 10. The normalized spacial score (nSPS) is 10.5. The van der Waals surface area contributed by atoms with Gasteiger partial charge in [0.1, 0.15) is 24.6 Å². The molecule has 13 nitrogen and oxygen atoms in total. The van der Waals surface area contributed by atoms with Crippen molar-refractivity contribution in [3.63, 3.8) is 0 Å². The van der Waals surface area contributed by atoms with Gasteiger partial charge in [-0.15, -0.1) is 5.10 Å². The summed E-state index contributed by atoms with van der Waals surface area (Å²) in [7, 11) is 0. The average Bonchev–Trinajstić information content (AvgIpc) is 3.33. The summed E-state index contributed by atoms with van der Waals surface area (Å²) < 4.78 is 12.1. The number of hydrogen-bond donors (Lipinski definition) is 0. The van der Waals surface area contributed by atoms with Gasteiger partial charge >= 0.3 is 11.9 Å². The number of rotatable bonds is 9. The van der Waals surface area contributed by atoms with Gasteiger partial charge in [0, 0.05) is 24.3 Å². The quantitative estimate of drug-likeness (QED) is 0.186. The number of carbonyl (C=O) groups is 2. The number of non-ortho nitro benzene ring substituents is 2. The Kier molecular flexibility index (Phi) is 7.24. The lowest BCUT2D eigenvalue weighted by atomic mass is 10.2. The molecule has 1 aromatic heterocycles. The highest BCUT2D eigenvalue weighted by atomic mass is 16.6. The monoisotopic (exact) mass is 503 g/mol. The van der Waals surface area contributed by atoms with Gasteiger partial charge in [-0.05, 0) is 36.4 Å². The third-order valence-corrected chi connectivity index (χ3v) is 5.15. The van der Waals surface area contributed by atoms with E-state index in [9.17, 15) is 29.8 Å². The molecule has 1 heterocycles. The van der Waals surface area contributed by atoms with Crippen molar-refractivity contribution in [2.24, 2.45) is 0 Å². The fraction of sp³-hybridized carbons (Fsp3) is 0.0833. The van der Waals surface area contributed by atoms with Crippen LogP contribution in [-0.4, -0.2) is 36.8 Å². The number of benzene rings is 3. The number of nitro benzene ring substituents is 2. The molecule has 0 saturated heterocycles. The minimum absolute atomic E-state index is 0.104. The summed E-state index contributed by atoms with van der Waals surface area (Å²) in [5, 5.41) is 29.8. The molecule has 0 N–H and O–H groups in total. The topological polar surface area (TPSA) is 170 Å². The van der Waals surface area contributed by atoms with Crippen LogP contribution >= 0.6 is 0 Å². The summed E-state index contributed by atoms with van der Waals surface area (Å²) in [6.07, 6.45) is 0. The van der Waals surface area contributed by atoms with Crippen molar-refractivity contribution >= 4 is 23.3 Å². The van der Waals surface area contributed by atoms with Crippen LogP contribution in [0.4, 0.5) is 11.4 Å². The zero-order valence-corrected chi connectivity index (χ0v) is 18.9. The van der Waals surface area contributed by atoms with Gasteiger partial charge in [-0.25, -0.2) is 14.3 Å². The lowest BCUT2D eigenvalue weighted by molar-refractivity contribution is -0.385. The Hall–Kier alpha value is -5.46. The van der Waals surface area contributed by atoms with Crippen LogP contribution in [-0.2, 0) is 22.7 Å². The van der Waals surface area contributed by atoms with Crippen molar-refractivity contribution in [3.8, 4) is 5.69 Å². The highest BCUT2D eigenvalue weighted by Gasteiger charge is 2.20. The Labute approximate surface area is 208 Å². The zero-order chi connectivity index (χ0) is 26.4. The first kappa shape index (κ1) is 24.7. The fourth-order valence-corrected chi connectivity index (χ4v) is 3.24. The standard InChI is InChI=1S/C24H17N5O8/c30-23(16-6-10-19(11-7-16)28(32)33)36-14-21-22(27(26-25-21)18-4-2-1-3-5-18)15-37-24(31)17-8-12-20(13-9-17)29(34)35/h1-13H,14-15H2. The fourth-order valence-electron chi connectivity index (χ4n) is 3.24. The van der Waals surface area contributed by atoms with E-state index in [1.807, 2.05) is 6.07 Å². The second-order valence-corrected chi connectivity index (χ2v) is 7.49. The second kappa shape index (κ2) is 10.9. The van der Waals surface area contributed by atoms with E-state index in [0.29, 0.717) is 11.4 Å². The number of para-hydroxylation sites is 1. The molecular weight excluding hydrogens is 486 g/mol. The van der Waals surface area contributed by atoms with E-state index in [1.54, 1.807) is 24.3 Å². The molecule has 0 aliphatic heterocycles. The second-order valence-electron chi connectivity index (χ2n) is 7.49. The maximum atomic E-state index is 12.5. The molecule has 0 aliphatic carbocycles. The number of aromatic nitrogens is 3. The Morgan fingerprint density at radius 2 is 1.22 bits per heavy atom. The summed E-state index contributed by atoms with van der Waals surface area (Å²) >= 11 is 0. The third-order valence-electron chi connectivity index (χ3n) is 5.15. The largest absolute Gasteiger partial charge is 0.455 e. The minimum atomic E-state index is -0.738. The predicted octanol–water partition coefficient (Wildman–Crippen LogP) is 3.80. The molecule has 0 bridgehead atoms. The molecule has 0 spiro atoms. The van der Waals surface area contributed by atoms with Gasteiger partial charge in [-0.2, -0.15) is 0 Å². The van der Waals surface area contributed by atoms with E-state index < -0.39 is 21.8 Å². The van der Waals surface area contributed by atoms with Crippen LogP contribution in [0, 0.1) is 20.2 Å². The van der Waals surface area contributed by atoms with E-state index in [1.165, 1.54) is 53.2 Å². The Bertz CT molecular complexity index is 1450. The zero-order valence-electron chi connectivity index (χ0n) is 18.9. The summed E-state index contributed by atoms with van der Waals surface area (Å²) in [5.74, 6) is -1.47. The van der Waals surface area contributed by atoms with Crippen molar-refractivity contribution < 1.29 is 28.9 Å². The summed E-state index contributed by atoms with van der Waals surface area (Å²) in [5.41, 5.74) is 1.04. The number of carbonyl (C=O) groups excluding carboxylic acids is 2. The van der Waals surface area contributed by atoms with E-state index in [-0.39, 0.29) is 41.4 Å². The molecule has 0 unspecified atom stereocenters. The van der Waals surface area contributed by atoms with E-state index >= 15 is 0 Å². The van der Waals surface area contributed by atoms with Gasteiger partial charge in [-0.3, -0.25) is 20.2 Å². The van der Waals surface area contributed by atoms with Crippen LogP contribution in [0.3, 0.4) is 0 Å². The summed E-state index contributed by atoms with van der Waals surface area (Å²) in [6.45, 7) is -0.602. The lowest BCUT2D eigenvalue weighted by Crippen LogP contribution is -2.12. The molecule has 3 aromatic carbocycles. The van der Waals surface area contributed by atoms with Gasteiger partial charge in [0.25, 0.3) is 11.4 Å². The van der Waals surface area contributed by atoms with Crippen LogP contribution in [0.5, 0.6) is 0 Å². The molecule has 37 heavy (non-hydrogen) atoms. The van der Waals surface area contributed by atoms with Gasteiger partial charge in [0.15, 0.2) is 0 Å². The predicted molar refractivity (Wildman–Crippen MR) is 126 cm³/mol. The molecule has 4 rings (SSSR count). The lowest BCUT2D eigenvalue weighted by Gasteiger charge is -2.10. The highest BCUT2D eigenvalue weighted by molar-refractivity contribution is 5.90. The van der Waals surface area contributed by atoms with E-state index in [4.69, 9.17) is 9.47 Å². The van der Waals surface area contributed by atoms with E-state index in [0.717, 1.165) is 0 Å². The van der Waals surface area contributed by atoms with Crippen LogP contribution in [0.2, 0.25) is 0 Å². The third kappa shape index (κ3) is 5.79. The molecule has 0 amide bonds. The average molecular weight is 503 g/mol. The first-order chi connectivity index (χ1) is 17.8. The maximum Gasteiger partial charge on any atom is 0.338 e. The molecule has 0 radical (unpaired) electrons. The molecule has 0 aliphatic rings. The molecule has 4 aromatic rings. The Morgan fingerprint density at radius 1 is 0.730 bits per heavy atom. The van der Waals surface area contributed by atoms with Crippen molar-refractivity contribution in [1.82, 2.24) is 15.0 Å². The molecular formula is C24H17N5O8. The molecule has 0 atom stereocenters. The van der Waals surface area contributed by atoms with Crippen molar-refractivity contribution in [1.29, 1.82) is 0 Å². The van der Waals surface area contributed by atoms with Crippen LogP contribution in [0.25, 0.3) is 5.69 Å². The van der Waals surface area contributed by atoms with Crippen molar-refractivity contribution in [3.05, 3.63) is 122 Å². The number of nitrogens with zero attached hydrogens (tertiary/aromatic N) is 5. The smallest absolute Gasteiger partial charge is 0.338 e. The number of esters is 2. The Balaban J connectivity index is 1.51. The SMILES string of the molecule is O=C(OCc1nnn(-c2ccccc2)c1COC(=O)c1ccc([N+](=O)[O-])cc1)c1ccc([N+](=O)[O-])cc1. The summed E-state index contributed by atoms with van der Waals surface area (Å²) in [6, 6.07) is 18.7. The first-order valence-corrected chi connectivity index (χ1v) is 10.7. The van der Waals surface area contributed by atoms with Gasteiger partial charge in [0.05, 0.1) is 26.7 Å². The van der Waals surface area contributed by atoms with Gasteiger partial charge in [0.2, 0.25) is 0 Å². The van der Waals surface area contributed by atoms with Crippen LogP contribution in [0.15, 0.2) is 78.9 Å². The molecule has 0 saturated carbocycles. The molecule has 0 fully saturated rings. The maximum absolute atomic E-state index is 12.5. The Morgan fingerprint density at radius 3 is 1.70 bits per heavy atom. The van der Waals surface area contributed by atoms with Crippen LogP contribution < -0.4 is 0 Å².